The van der Waals surface area contributed by atoms with Gasteiger partial charge in [0.2, 0.25) is 0 Å². The van der Waals surface area contributed by atoms with Crippen molar-refractivity contribution in [3.05, 3.63) is 59.4 Å². The van der Waals surface area contributed by atoms with Gasteiger partial charge in [-0.1, -0.05) is 0 Å². The predicted molar refractivity (Wildman–Crippen MR) is 83.9 cm³/mol. The Bertz CT molecular complexity index is 828. The molecule has 0 aliphatic rings. The van der Waals surface area contributed by atoms with E-state index in [-0.39, 0.29) is 5.78 Å². The summed E-state index contributed by atoms with van der Waals surface area (Å²) in [5.41, 5.74) is 1.84. The van der Waals surface area contributed by atoms with Gasteiger partial charge in [-0.15, -0.1) is 0 Å². The molecule has 0 spiro atoms. The Morgan fingerprint density at radius 3 is 2.23 bits per heavy atom. The number of ketones is 1. The molecule has 112 valence electrons. The normalized spacial score (nSPS) is 10.7. The van der Waals surface area contributed by atoms with E-state index < -0.39 is 0 Å². The average Bonchev–Trinajstić information content (AvgIpc) is 2.89. The first kappa shape index (κ1) is 14.2. The van der Waals surface area contributed by atoms with Crippen molar-refractivity contribution in [2.75, 3.05) is 14.2 Å². The van der Waals surface area contributed by atoms with Gasteiger partial charge >= 0.3 is 0 Å². The lowest BCUT2D eigenvalue weighted by Gasteiger charge is -2.03. The summed E-state index contributed by atoms with van der Waals surface area (Å²) in [4.78, 5) is 12.8. The molecule has 0 fully saturated rings. The fourth-order valence-corrected chi connectivity index (χ4v) is 2.49. The molecule has 4 heteroatoms. The van der Waals surface area contributed by atoms with Gasteiger partial charge in [0.15, 0.2) is 5.78 Å². The minimum Gasteiger partial charge on any atom is -0.497 e. The van der Waals surface area contributed by atoms with Gasteiger partial charge < -0.3 is 13.9 Å². The van der Waals surface area contributed by atoms with Gasteiger partial charge in [-0.25, -0.2) is 0 Å². The number of aryl methyl sites for hydroxylation is 1. The Balaban J connectivity index is 2.11. The molecule has 0 aliphatic carbocycles. The maximum Gasteiger partial charge on any atom is 0.197 e. The zero-order valence-corrected chi connectivity index (χ0v) is 12.7. The average molecular weight is 296 g/mol. The van der Waals surface area contributed by atoms with Gasteiger partial charge in [-0.05, 0) is 49.4 Å². The van der Waals surface area contributed by atoms with Crippen LogP contribution in [0.2, 0.25) is 0 Å². The molecule has 3 aromatic rings. The lowest BCUT2D eigenvalue weighted by molar-refractivity contribution is 0.103. The summed E-state index contributed by atoms with van der Waals surface area (Å²) in [6.07, 6.45) is 0. The van der Waals surface area contributed by atoms with Crippen molar-refractivity contribution < 1.29 is 18.7 Å². The fourth-order valence-electron chi connectivity index (χ4n) is 2.49. The number of carbonyl (C=O) groups is 1. The van der Waals surface area contributed by atoms with Crippen molar-refractivity contribution in [1.82, 2.24) is 0 Å². The van der Waals surface area contributed by atoms with Crippen molar-refractivity contribution in [3.63, 3.8) is 0 Å². The van der Waals surface area contributed by atoms with Gasteiger partial charge in [-0.3, -0.25) is 4.79 Å². The second kappa shape index (κ2) is 5.56. The molecule has 2 aromatic carbocycles. The Kier molecular flexibility index (Phi) is 3.59. The molecule has 0 bridgehead atoms. The number of benzene rings is 2. The van der Waals surface area contributed by atoms with E-state index in [1.807, 2.05) is 18.2 Å². The second-order valence-electron chi connectivity index (χ2n) is 4.95. The summed E-state index contributed by atoms with van der Waals surface area (Å²) >= 11 is 0. The van der Waals surface area contributed by atoms with E-state index in [0.717, 1.165) is 5.39 Å². The summed E-state index contributed by atoms with van der Waals surface area (Å²) in [5.74, 6) is 1.93. The van der Waals surface area contributed by atoms with Gasteiger partial charge in [0, 0.05) is 10.9 Å². The highest BCUT2D eigenvalue weighted by atomic mass is 16.5. The third-order valence-corrected chi connectivity index (χ3v) is 3.65. The first-order valence-electron chi connectivity index (χ1n) is 6.90. The van der Waals surface area contributed by atoms with E-state index >= 15 is 0 Å². The molecule has 0 atom stereocenters. The monoisotopic (exact) mass is 296 g/mol. The molecule has 4 nitrogen and oxygen atoms in total. The van der Waals surface area contributed by atoms with Crippen molar-refractivity contribution in [1.29, 1.82) is 0 Å². The highest BCUT2D eigenvalue weighted by Gasteiger charge is 2.20. The molecule has 1 aromatic heterocycles. The van der Waals surface area contributed by atoms with E-state index in [0.29, 0.717) is 34.0 Å². The summed E-state index contributed by atoms with van der Waals surface area (Å²) in [5, 5.41) is 0.762. The van der Waals surface area contributed by atoms with E-state index in [1.165, 1.54) is 0 Å². The number of ether oxygens (including phenoxy) is 2. The van der Waals surface area contributed by atoms with E-state index in [9.17, 15) is 4.79 Å². The van der Waals surface area contributed by atoms with Gasteiger partial charge in [0.25, 0.3) is 0 Å². The quantitative estimate of drug-likeness (QED) is 0.683. The second-order valence-corrected chi connectivity index (χ2v) is 4.95. The summed E-state index contributed by atoms with van der Waals surface area (Å²) in [6, 6.07) is 12.5. The molecular weight excluding hydrogens is 280 g/mol. The predicted octanol–water partition coefficient (Wildman–Crippen LogP) is 3.99. The van der Waals surface area contributed by atoms with Crippen LogP contribution in [0.1, 0.15) is 21.7 Å². The Hall–Kier alpha value is -2.75. The number of hydrogen-bond acceptors (Lipinski definition) is 4. The molecule has 0 unspecified atom stereocenters. The fraction of sp³-hybridized carbons (Fsp3) is 0.167. The zero-order valence-electron chi connectivity index (χ0n) is 12.7. The third-order valence-electron chi connectivity index (χ3n) is 3.65. The molecular formula is C18H16O4. The molecule has 0 saturated heterocycles. The largest absolute Gasteiger partial charge is 0.497 e. The Morgan fingerprint density at radius 2 is 1.59 bits per heavy atom. The molecule has 1 heterocycles. The summed E-state index contributed by atoms with van der Waals surface area (Å²) in [6.45, 7) is 1.79. The number of furan rings is 1. The maximum absolute atomic E-state index is 12.8. The number of carbonyl (C=O) groups excluding carboxylic acids is 1. The van der Waals surface area contributed by atoms with Crippen LogP contribution in [0.15, 0.2) is 46.9 Å². The van der Waals surface area contributed by atoms with E-state index in [1.54, 1.807) is 45.4 Å². The van der Waals surface area contributed by atoms with Crippen LogP contribution in [0.25, 0.3) is 11.0 Å². The van der Waals surface area contributed by atoms with Gasteiger partial charge in [-0.2, -0.15) is 0 Å². The van der Waals surface area contributed by atoms with Crippen molar-refractivity contribution in [2.24, 2.45) is 0 Å². The molecule has 0 radical (unpaired) electrons. The minimum absolute atomic E-state index is 0.0767. The lowest BCUT2D eigenvalue weighted by atomic mass is 10.0. The number of hydrogen-bond donors (Lipinski definition) is 0. The Morgan fingerprint density at radius 1 is 0.955 bits per heavy atom. The number of rotatable bonds is 4. The van der Waals surface area contributed by atoms with Crippen LogP contribution in [-0.4, -0.2) is 20.0 Å². The van der Waals surface area contributed by atoms with E-state index in [4.69, 9.17) is 13.9 Å². The molecule has 0 aliphatic heterocycles. The van der Waals surface area contributed by atoms with E-state index in [2.05, 4.69) is 0 Å². The minimum atomic E-state index is -0.0767. The maximum atomic E-state index is 12.8. The standard InChI is InChI=1S/C18H16O4/c1-11-17(15-10-14(21-3)8-9-16(15)22-11)18(19)12-4-6-13(20-2)7-5-12/h4-10H,1-3H3. The van der Waals surface area contributed by atoms with Crippen LogP contribution in [0, 0.1) is 6.92 Å². The molecule has 0 N–H and O–H groups in total. The molecule has 3 rings (SSSR count). The molecule has 0 saturated carbocycles. The zero-order chi connectivity index (χ0) is 15.7. The van der Waals surface area contributed by atoms with Gasteiger partial charge in [0.1, 0.15) is 22.8 Å². The van der Waals surface area contributed by atoms with Crippen LogP contribution in [0.4, 0.5) is 0 Å². The van der Waals surface area contributed by atoms with Crippen molar-refractivity contribution in [2.45, 2.75) is 6.92 Å². The van der Waals surface area contributed by atoms with Crippen LogP contribution < -0.4 is 9.47 Å². The molecule has 0 amide bonds. The summed E-state index contributed by atoms with van der Waals surface area (Å²) in [7, 11) is 3.19. The Labute approximate surface area is 128 Å². The van der Waals surface area contributed by atoms with Crippen LogP contribution in [0.3, 0.4) is 0 Å². The highest BCUT2D eigenvalue weighted by Crippen LogP contribution is 2.31. The molecule has 22 heavy (non-hydrogen) atoms. The number of fused-ring (bicyclic) bond motifs is 1. The first-order chi connectivity index (χ1) is 10.6. The summed E-state index contributed by atoms with van der Waals surface area (Å²) < 4.78 is 16.0. The first-order valence-corrected chi connectivity index (χ1v) is 6.90. The number of methoxy groups -OCH3 is 2. The highest BCUT2D eigenvalue weighted by molar-refractivity contribution is 6.17. The van der Waals surface area contributed by atoms with Crippen LogP contribution in [0.5, 0.6) is 11.5 Å². The smallest absolute Gasteiger partial charge is 0.197 e. The SMILES string of the molecule is COc1ccc(C(=O)c2c(C)oc3ccc(OC)cc23)cc1. The lowest BCUT2D eigenvalue weighted by Crippen LogP contribution is -2.02. The van der Waals surface area contributed by atoms with Gasteiger partial charge in [0.05, 0.1) is 19.8 Å². The third kappa shape index (κ3) is 2.33. The van der Waals surface area contributed by atoms with Crippen molar-refractivity contribution >= 4 is 16.8 Å². The van der Waals surface area contributed by atoms with Crippen LogP contribution >= 0.6 is 0 Å². The van der Waals surface area contributed by atoms with Crippen LogP contribution in [-0.2, 0) is 0 Å². The topological polar surface area (TPSA) is 48.7 Å². The van der Waals surface area contributed by atoms with Crippen molar-refractivity contribution in [3.8, 4) is 11.5 Å².